The van der Waals surface area contributed by atoms with E-state index in [1.807, 2.05) is 13.0 Å². The molecule has 224 valence electrons. The lowest BCUT2D eigenvalue weighted by molar-refractivity contribution is -0.0656. The van der Waals surface area contributed by atoms with Gasteiger partial charge in [-0.3, -0.25) is 14.4 Å². The summed E-state index contributed by atoms with van der Waals surface area (Å²) in [6.45, 7) is 0.919. The fourth-order valence-corrected chi connectivity index (χ4v) is 6.04. The molecule has 0 radical (unpaired) electrons. The van der Waals surface area contributed by atoms with E-state index >= 15 is 0 Å². The van der Waals surface area contributed by atoms with E-state index in [9.17, 15) is 27.6 Å². The van der Waals surface area contributed by atoms with Gasteiger partial charge in [-0.2, -0.15) is 0 Å². The summed E-state index contributed by atoms with van der Waals surface area (Å²) in [6, 6.07) is 11.1. The van der Waals surface area contributed by atoms with Crippen LogP contribution >= 0.6 is 0 Å². The van der Waals surface area contributed by atoms with Crippen LogP contribution < -0.4 is 15.5 Å². The van der Waals surface area contributed by atoms with Gasteiger partial charge in [0.15, 0.2) is 17.0 Å². The second-order valence-corrected chi connectivity index (χ2v) is 11.1. The Morgan fingerprint density at radius 3 is 2.70 bits per heavy atom. The monoisotopic (exact) mass is 594 g/mol. The maximum absolute atomic E-state index is 14.2. The first-order chi connectivity index (χ1) is 20.7. The average Bonchev–Trinajstić information content (AvgIpc) is 3.38. The van der Waals surface area contributed by atoms with Crippen LogP contribution in [0.2, 0.25) is 0 Å². The summed E-state index contributed by atoms with van der Waals surface area (Å²) >= 11 is 0. The molecule has 2 aromatic carbocycles. The van der Waals surface area contributed by atoms with Gasteiger partial charge in [0.2, 0.25) is 5.43 Å². The zero-order chi connectivity index (χ0) is 30.3. The molecule has 3 aromatic rings. The van der Waals surface area contributed by atoms with Crippen LogP contribution in [0.4, 0.5) is 13.2 Å². The molecule has 1 saturated heterocycles. The second-order valence-electron chi connectivity index (χ2n) is 11.1. The summed E-state index contributed by atoms with van der Waals surface area (Å²) in [5.41, 5.74) is -1.23. The van der Waals surface area contributed by atoms with Gasteiger partial charge in [-0.25, -0.2) is 13.2 Å². The molecule has 43 heavy (non-hydrogen) atoms. The smallest absolute Gasteiger partial charge is 0.274 e. The van der Waals surface area contributed by atoms with Crippen molar-refractivity contribution in [3.63, 3.8) is 0 Å². The van der Waals surface area contributed by atoms with E-state index in [1.54, 1.807) is 29.2 Å². The molecule has 2 bridgehead atoms. The van der Waals surface area contributed by atoms with Crippen molar-refractivity contribution < 1.29 is 32.3 Å². The van der Waals surface area contributed by atoms with E-state index < -0.39 is 47.2 Å². The highest BCUT2D eigenvalue weighted by atomic mass is 19.1. The number of halogens is 3. The van der Waals surface area contributed by atoms with Gasteiger partial charge in [-0.15, -0.1) is 0 Å². The first-order valence-electron chi connectivity index (χ1n) is 14.0. The van der Waals surface area contributed by atoms with Gasteiger partial charge in [-0.05, 0) is 31.4 Å². The van der Waals surface area contributed by atoms with Crippen molar-refractivity contribution in [2.75, 3.05) is 13.2 Å². The van der Waals surface area contributed by atoms with E-state index in [1.165, 1.54) is 16.8 Å². The van der Waals surface area contributed by atoms with Crippen molar-refractivity contribution in [2.24, 2.45) is 5.16 Å². The third-order valence-corrected chi connectivity index (χ3v) is 8.43. The zero-order valence-corrected chi connectivity index (χ0v) is 23.3. The summed E-state index contributed by atoms with van der Waals surface area (Å²) in [5, 5.41) is 6.50. The molecule has 1 fully saturated rings. The maximum atomic E-state index is 14.2. The Bertz CT molecular complexity index is 1680. The van der Waals surface area contributed by atoms with Gasteiger partial charge < -0.3 is 24.4 Å². The molecular formula is C31H29F3N4O5. The lowest BCUT2D eigenvalue weighted by atomic mass is 9.84. The summed E-state index contributed by atoms with van der Waals surface area (Å²) in [4.78, 5) is 48.8. The maximum Gasteiger partial charge on any atom is 0.274 e. The van der Waals surface area contributed by atoms with Crippen molar-refractivity contribution in [1.82, 2.24) is 14.8 Å². The SMILES string of the molecule is C[C@H]1CC[C@@]2(CC(CF)=NO2)[C@H]2CN1C(=O)c1c(OCc3ccccc3)c(=O)c(C(=O)NCc3ccc(F)cc3F)cn12. The fraction of sp³-hybridized carbons (Fsp3) is 0.355. The van der Waals surface area contributed by atoms with Crippen LogP contribution in [0, 0.1) is 11.6 Å². The molecule has 0 aliphatic carbocycles. The number of rotatable bonds is 7. The molecule has 0 saturated carbocycles. The number of hydrogen-bond donors (Lipinski definition) is 1. The predicted octanol–water partition coefficient (Wildman–Crippen LogP) is 4.30. The van der Waals surface area contributed by atoms with Crippen LogP contribution in [-0.2, 0) is 18.0 Å². The Balaban J connectivity index is 1.45. The lowest BCUT2D eigenvalue weighted by Gasteiger charge is -2.42. The number of amides is 2. The lowest BCUT2D eigenvalue weighted by Crippen LogP contribution is -2.52. The van der Waals surface area contributed by atoms with Crippen LogP contribution in [0.1, 0.15) is 64.2 Å². The number of benzene rings is 2. The third-order valence-electron chi connectivity index (χ3n) is 8.43. The Labute approximate surface area is 244 Å². The number of ether oxygens (including phenoxy) is 1. The van der Waals surface area contributed by atoms with E-state index in [2.05, 4.69) is 10.5 Å². The molecule has 6 rings (SSSR count). The Morgan fingerprint density at radius 2 is 1.98 bits per heavy atom. The van der Waals surface area contributed by atoms with Crippen molar-refractivity contribution in [1.29, 1.82) is 0 Å². The molecular weight excluding hydrogens is 565 g/mol. The number of pyridine rings is 1. The minimum Gasteiger partial charge on any atom is -0.483 e. The molecule has 3 aliphatic rings. The first kappa shape index (κ1) is 28.5. The number of hydrogen-bond acceptors (Lipinski definition) is 6. The Kier molecular flexibility index (Phi) is 7.45. The topological polar surface area (TPSA) is 102 Å². The minimum absolute atomic E-state index is 0.0196. The molecule has 9 nitrogen and oxygen atoms in total. The number of carbonyl (C=O) groups excluding carboxylic acids is 2. The van der Waals surface area contributed by atoms with Crippen molar-refractivity contribution >= 4 is 17.5 Å². The van der Waals surface area contributed by atoms with Crippen molar-refractivity contribution in [3.8, 4) is 5.75 Å². The van der Waals surface area contributed by atoms with Crippen LogP contribution in [0.5, 0.6) is 5.75 Å². The van der Waals surface area contributed by atoms with E-state index in [0.29, 0.717) is 18.9 Å². The second kappa shape index (κ2) is 11.2. The van der Waals surface area contributed by atoms with Crippen LogP contribution in [0.25, 0.3) is 0 Å². The summed E-state index contributed by atoms with van der Waals surface area (Å²) in [6.07, 6.45) is 2.47. The van der Waals surface area contributed by atoms with Gasteiger partial charge in [0, 0.05) is 43.4 Å². The summed E-state index contributed by atoms with van der Waals surface area (Å²) < 4.78 is 48.8. The number of alkyl halides is 1. The molecule has 3 aliphatic heterocycles. The van der Waals surface area contributed by atoms with Gasteiger partial charge >= 0.3 is 0 Å². The van der Waals surface area contributed by atoms with Gasteiger partial charge in [-0.1, -0.05) is 41.6 Å². The normalized spacial score (nSPS) is 22.5. The van der Waals surface area contributed by atoms with Crippen molar-refractivity contribution in [3.05, 3.63) is 99.0 Å². The molecule has 4 heterocycles. The van der Waals surface area contributed by atoms with E-state index in [0.717, 1.165) is 11.6 Å². The summed E-state index contributed by atoms with van der Waals surface area (Å²) in [7, 11) is 0. The summed E-state index contributed by atoms with van der Waals surface area (Å²) in [5.74, 6) is -3.20. The Hall–Kier alpha value is -4.61. The number of nitrogens with zero attached hydrogens (tertiary/aromatic N) is 3. The molecule has 1 N–H and O–H groups in total. The highest BCUT2D eigenvalue weighted by Crippen LogP contribution is 2.46. The largest absolute Gasteiger partial charge is 0.483 e. The molecule has 12 heteroatoms. The standard InChI is InChI=1S/C31H29F3N4O5/c1-18-9-10-31(12-22(13-32)36-43-31)25-16-37(18)30(41)26-28(42-17-19-5-3-2-4-6-19)27(39)23(15-38(25)26)29(40)35-14-20-7-8-21(33)11-24(20)34/h2-8,11,15,18,25H,9-10,12-14,16-17H2,1H3,(H,35,40)/t18-,25+,31+/m0/s1. The molecule has 3 atom stereocenters. The molecule has 1 spiro atoms. The number of fused-ring (bicyclic) bond motifs is 5. The highest BCUT2D eigenvalue weighted by Gasteiger charge is 2.54. The van der Waals surface area contributed by atoms with Gasteiger partial charge in [0.25, 0.3) is 11.8 Å². The van der Waals surface area contributed by atoms with Crippen molar-refractivity contribution in [2.45, 2.75) is 57.0 Å². The average molecular weight is 595 g/mol. The highest BCUT2D eigenvalue weighted by molar-refractivity contribution is 5.99. The van der Waals surface area contributed by atoms with Gasteiger partial charge in [0.1, 0.15) is 30.5 Å². The van der Waals surface area contributed by atoms with Crippen LogP contribution in [-0.4, -0.2) is 51.9 Å². The minimum atomic E-state index is -1.02. The number of nitrogens with one attached hydrogen (secondary N) is 1. The quantitative estimate of drug-likeness (QED) is 0.440. The zero-order valence-electron chi connectivity index (χ0n) is 23.3. The predicted molar refractivity (Wildman–Crippen MR) is 150 cm³/mol. The number of carbonyl (C=O) groups is 2. The van der Waals surface area contributed by atoms with Crippen LogP contribution in [0.15, 0.2) is 64.7 Å². The number of oxime groups is 1. The van der Waals surface area contributed by atoms with E-state index in [-0.39, 0.29) is 60.4 Å². The van der Waals surface area contributed by atoms with E-state index in [4.69, 9.17) is 9.57 Å². The fourth-order valence-electron chi connectivity index (χ4n) is 6.04. The Morgan fingerprint density at radius 1 is 1.19 bits per heavy atom. The van der Waals surface area contributed by atoms with Gasteiger partial charge in [0.05, 0.1) is 11.8 Å². The van der Waals surface area contributed by atoms with Crippen LogP contribution in [0.3, 0.4) is 0 Å². The third kappa shape index (κ3) is 5.15. The molecule has 0 unspecified atom stereocenters. The number of aromatic nitrogens is 1. The first-order valence-corrected chi connectivity index (χ1v) is 14.0. The molecule has 2 amide bonds. The molecule has 1 aromatic heterocycles.